The maximum atomic E-state index is 13.0. The Balaban J connectivity index is 2.14. The topological polar surface area (TPSA) is 85.1 Å². The highest BCUT2D eigenvalue weighted by Gasteiger charge is 2.15. The summed E-state index contributed by atoms with van der Waals surface area (Å²) in [5.74, 6) is -1.29. The van der Waals surface area contributed by atoms with Crippen molar-refractivity contribution in [1.82, 2.24) is 10.3 Å². The summed E-state index contributed by atoms with van der Waals surface area (Å²) in [4.78, 5) is 25.6. The number of hydrogen-bond donors (Lipinski definition) is 1. The second-order valence-corrected chi connectivity index (χ2v) is 4.39. The third-order valence-corrected chi connectivity index (χ3v) is 2.88. The fourth-order valence-corrected chi connectivity index (χ4v) is 1.80. The minimum Gasteiger partial charge on any atom is -0.344 e. The first-order valence-electron chi connectivity index (χ1n) is 6.15. The normalized spacial score (nSPS) is 11.7. The molecule has 1 heterocycles. The van der Waals surface area contributed by atoms with E-state index < -0.39 is 22.8 Å². The number of nitrogens with one attached hydrogen (secondary N) is 1. The first-order chi connectivity index (χ1) is 9.97. The van der Waals surface area contributed by atoms with Gasteiger partial charge in [-0.05, 0) is 24.6 Å². The van der Waals surface area contributed by atoms with E-state index in [-0.39, 0.29) is 11.4 Å². The van der Waals surface area contributed by atoms with Crippen LogP contribution in [0.15, 0.2) is 42.5 Å². The molecule has 0 bridgehead atoms. The van der Waals surface area contributed by atoms with Crippen molar-refractivity contribution < 1.29 is 14.1 Å². The number of carbonyl (C=O) groups is 1. The summed E-state index contributed by atoms with van der Waals surface area (Å²) in [7, 11) is 0. The van der Waals surface area contributed by atoms with Gasteiger partial charge in [-0.2, -0.15) is 4.39 Å². The number of hydrogen-bond acceptors (Lipinski definition) is 4. The third kappa shape index (κ3) is 3.59. The lowest BCUT2D eigenvalue weighted by Crippen LogP contribution is -2.27. The number of non-ortho nitro benzene ring substituents is 1. The Morgan fingerprint density at radius 1 is 1.33 bits per heavy atom. The standard InChI is InChI=1S/C14H12FN3O3/c1-9(10-4-2-5-11(8-10)18(20)21)16-14(19)12-6-3-7-13(15)17-12/h2-9H,1H3,(H,16,19). The average molecular weight is 289 g/mol. The minimum atomic E-state index is -0.745. The Kier molecular flexibility index (Phi) is 4.22. The summed E-state index contributed by atoms with van der Waals surface area (Å²) in [5.41, 5.74) is 0.471. The summed E-state index contributed by atoms with van der Waals surface area (Å²) >= 11 is 0. The molecule has 21 heavy (non-hydrogen) atoms. The summed E-state index contributed by atoms with van der Waals surface area (Å²) in [6, 6.07) is 9.39. The number of nitrogens with zero attached hydrogens (tertiary/aromatic N) is 2. The van der Waals surface area contributed by atoms with Crippen LogP contribution >= 0.6 is 0 Å². The lowest BCUT2D eigenvalue weighted by atomic mass is 10.1. The van der Waals surface area contributed by atoms with Crippen LogP contribution in [-0.4, -0.2) is 15.8 Å². The molecule has 6 nitrogen and oxygen atoms in total. The Labute approximate surface area is 119 Å². The third-order valence-electron chi connectivity index (χ3n) is 2.88. The second kappa shape index (κ2) is 6.08. The van der Waals surface area contributed by atoms with Crippen LogP contribution in [0, 0.1) is 16.1 Å². The highest BCUT2D eigenvalue weighted by Crippen LogP contribution is 2.19. The molecular formula is C14H12FN3O3. The lowest BCUT2D eigenvalue weighted by molar-refractivity contribution is -0.384. The molecule has 1 amide bonds. The SMILES string of the molecule is CC(NC(=O)c1cccc(F)n1)c1cccc([N+](=O)[O-])c1. The Bertz CT molecular complexity index is 691. The van der Waals surface area contributed by atoms with E-state index >= 15 is 0 Å². The number of nitro benzene ring substituents is 1. The molecule has 2 aromatic rings. The Hall–Kier alpha value is -2.83. The Morgan fingerprint density at radius 2 is 2.05 bits per heavy atom. The van der Waals surface area contributed by atoms with Crippen molar-refractivity contribution in [3.8, 4) is 0 Å². The predicted molar refractivity (Wildman–Crippen MR) is 73.2 cm³/mol. The summed E-state index contributed by atoms with van der Waals surface area (Å²) < 4.78 is 13.0. The fourth-order valence-electron chi connectivity index (χ4n) is 1.80. The number of benzene rings is 1. The smallest absolute Gasteiger partial charge is 0.270 e. The molecule has 1 aromatic heterocycles. The van der Waals surface area contributed by atoms with Gasteiger partial charge in [0.25, 0.3) is 11.6 Å². The monoisotopic (exact) mass is 289 g/mol. The molecule has 0 saturated carbocycles. The quantitative estimate of drug-likeness (QED) is 0.532. The van der Waals surface area contributed by atoms with Crippen molar-refractivity contribution >= 4 is 11.6 Å². The zero-order chi connectivity index (χ0) is 15.4. The van der Waals surface area contributed by atoms with Gasteiger partial charge >= 0.3 is 0 Å². The number of aromatic nitrogens is 1. The molecule has 1 atom stereocenters. The number of nitro groups is 1. The summed E-state index contributed by atoms with van der Waals surface area (Å²) in [5, 5.41) is 13.3. The van der Waals surface area contributed by atoms with Crippen LogP contribution in [0.2, 0.25) is 0 Å². The zero-order valence-electron chi connectivity index (χ0n) is 11.1. The zero-order valence-corrected chi connectivity index (χ0v) is 11.1. The number of amides is 1. The van der Waals surface area contributed by atoms with Gasteiger partial charge in [0.1, 0.15) is 5.69 Å². The Morgan fingerprint density at radius 3 is 2.71 bits per heavy atom. The van der Waals surface area contributed by atoms with Gasteiger partial charge in [-0.15, -0.1) is 0 Å². The second-order valence-electron chi connectivity index (χ2n) is 4.39. The van der Waals surface area contributed by atoms with E-state index in [1.807, 2.05) is 0 Å². The molecule has 2 rings (SSSR count). The van der Waals surface area contributed by atoms with Crippen molar-refractivity contribution in [3.63, 3.8) is 0 Å². The molecule has 1 N–H and O–H groups in total. The lowest BCUT2D eigenvalue weighted by Gasteiger charge is -2.13. The maximum Gasteiger partial charge on any atom is 0.270 e. The van der Waals surface area contributed by atoms with Crippen LogP contribution in [-0.2, 0) is 0 Å². The predicted octanol–water partition coefficient (Wildman–Crippen LogP) is 2.62. The van der Waals surface area contributed by atoms with Crippen molar-refractivity contribution in [3.05, 3.63) is 69.8 Å². The molecule has 0 aliphatic rings. The van der Waals surface area contributed by atoms with E-state index in [1.165, 1.54) is 30.3 Å². The van der Waals surface area contributed by atoms with Crippen LogP contribution in [0.1, 0.15) is 29.0 Å². The van der Waals surface area contributed by atoms with Crippen LogP contribution in [0.4, 0.5) is 10.1 Å². The number of pyridine rings is 1. The van der Waals surface area contributed by atoms with E-state index in [4.69, 9.17) is 0 Å². The van der Waals surface area contributed by atoms with Gasteiger partial charge in [0, 0.05) is 12.1 Å². The highest BCUT2D eigenvalue weighted by atomic mass is 19.1. The van der Waals surface area contributed by atoms with Gasteiger partial charge in [0.2, 0.25) is 5.95 Å². The number of carbonyl (C=O) groups excluding carboxylic acids is 1. The van der Waals surface area contributed by atoms with E-state index in [1.54, 1.807) is 13.0 Å². The molecule has 0 aliphatic carbocycles. The maximum absolute atomic E-state index is 13.0. The molecule has 1 aromatic carbocycles. The minimum absolute atomic E-state index is 0.0488. The fraction of sp³-hybridized carbons (Fsp3) is 0.143. The van der Waals surface area contributed by atoms with Gasteiger partial charge in [0.05, 0.1) is 11.0 Å². The van der Waals surface area contributed by atoms with E-state index in [0.717, 1.165) is 6.07 Å². The van der Waals surface area contributed by atoms with Crippen molar-refractivity contribution in [1.29, 1.82) is 0 Å². The number of rotatable bonds is 4. The number of halogens is 1. The van der Waals surface area contributed by atoms with Crippen molar-refractivity contribution in [2.45, 2.75) is 13.0 Å². The van der Waals surface area contributed by atoms with Crippen LogP contribution in [0.3, 0.4) is 0 Å². The molecule has 0 radical (unpaired) electrons. The average Bonchev–Trinajstić information content (AvgIpc) is 2.47. The van der Waals surface area contributed by atoms with E-state index in [0.29, 0.717) is 5.56 Å². The summed E-state index contributed by atoms with van der Waals surface area (Å²) in [6.45, 7) is 1.68. The van der Waals surface area contributed by atoms with Crippen LogP contribution in [0.5, 0.6) is 0 Å². The van der Waals surface area contributed by atoms with Gasteiger partial charge in [0.15, 0.2) is 0 Å². The van der Waals surface area contributed by atoms with Gasteiger partial charge in [-0.3, -0.25) is 14.9 Å². The summed E-state index contributed by atoms with van der Waals surface area (Å²) in [6.07, 6.45) is 0. The molecule has 0 spiro atoms. The molecule has 0 saturated heterocycles. The first-order valence-corrected chi connectivity index (χ1v) is 6.15. The molecular weight excluding hydrogens is 277 g/mol. The van der Waals surface area contributed by atoms with Crippen molar-refractivity contribution in [2.24, 2.45) is 0 Å². The molecule has 1 unspecified atom stereocenters. The van der Waals surface area contributed by atoms with E-state index in [9.17, 15) is 19.3 Å². The molecule has 0 fully saturated rings. The molecule has 7 heteroatoms. The van der Waals surface area contributed by atoms with Crippen LogP contribution < -0.4 is 5.32 Å². The van der Waals surface area contributed by atoms with Crippen LogP contribution in [0.25, 0.3) is 0 Å². The largest absolute Gasteiger partial charge is 0.344 e. The van der Waals surface area contributed by atoms with E-state index in [2.05, 4.69) is 10.3 Å². The first kappa shape index (κ1) is 14.6. The highest BCUT2D eigenvalue weighted by molar-refractivity contribution is 5.92. The molecule has 108 valence electrons. The van der Waals surface area contributed by atoms with Gasteiger partial charge < -0.3 is 5.32 Å². The molecule has 0 aliphatic heterocycles. The van der Waals surface area contributed by atoms with Gasteiger partial charge in [-0.1, -0.05) is 18.2 Å². The van der Waals surface area contributed by atoms with Crippen molar-refractivity contribution in [2.75, 3.05) is 0 Å². The van der Waals surface area contributed by atoms with Gasteiger partial charge in [-0.25, -0.2) is 4.98 Å².